The smallest absolute Gasteiger partial charge is 0.193 e. The second kappa shape index (κ2) is 8.85. The van der Waals surface area contributed by atoms with Crippen molar-refractivity contribution in [2.75, 3.05) is 39.8 Å². The van der Waals surface area contributed by atoms with Gasteiger partial charge in [-0.2, -0.15) is 0 Å². The number of piperazine rings is 1. The van der Waals surface area contributed by atoms with Gasteiger partial charge in [0, 0.05) is 52.4 Å². The van der Waals surface area contributed by atoms with Crippen molar-refractivity contribution >= 4 is 5.96 Å². The number of aromatic nitrogens is 1. The van der Waals surface area contributed by atoms with Crippen LogP contribution in [-0.4, -0.2) is 60.7 Å². The lowest BCUT2D eigenvalue weighted by atomic mass is 10.0. The molecule has 1 fully saturated rings. The largest absolute Gasteiger partial charge is 0.364 e. The van der Waals surface area contributed by atoms with Crippen molar-refractivity contribution in [3.05, 3.63) is 52.9 Å². The molecule has 3 rings (SSSR count). The maximum Gasteiger partial charge on any atom is 0.193 e. The van der Waals surface area contributed by atoms with Crippen molar-refractivity contribution in [3.63, 3.8) is 0 Å². The summed E-state index contributed by atoms with van der Waals surface area (Å²) in [6.07, 6.45) is 2.64. The lowest BCUT2D eigenvalue weighted by Gasteiger charge is -2.36. The molecule has 1 aliphatic rings. The number of aryl methyl sites for hydroxylation is 2. The maximum atomic E-state index is 4.91. The van der Waals surface area contributed by atoms with Crippen LogP contribution in [0.15, 0.2) is 40.0 Å². The predicted molar refractivity (Wildman–Crippen MR) is 104 cm³/mol. The van der Waals surface area contributed by atoms with Crippen LogP contribution in [-0.2, 0) is 13.0 Å². The molecule has 1 N–H and O–H groups in total. The minimum atomic E-state index is 0.850. The number of rotatable bonds is 5. The van der Waals surface area contributed by atoms with E-state index in [0.29, 0.717) is 0 Å². The van der Waals surface area contributed by atoms with Gasteiger partial charge in [0.05, 0.1) is 5.69 Å². The Balaban J connectivity index is 1.44. The molecule has 140 valence electrons. The van der Waals surface area contributed by atoms with Crippen LogP contribution >= 0.6 is 0 Å². The van der Waals surface area contributed by atoms with E-state index in [4.69, 9.17) is 4.52 Å². The Kier molecular flexibility index (Phi) is 6.28. The summed E-state index contributed by atoms with van der Waals surface area (Å²) in [5.74, 6) is 0.996. The molecule has 0 amide bonds. The fourth-order valence-electron chi connectivity index (χ4n) is 3.43. The summed E-state index contributed by atoms with van der Waals surface area (Å²) in [4.78, 5) is 9.20. The second-order valence-corrected chi connectivity index (χ2v) is 6.91. The zero-order chi connectivity index (χ0) is 18.4. The highest BCUT2D eigenvalue weighted by Crippen LogP contribution is 2.11. The Labute approximate surface area is 155 Å². The van der Waals surface area contributed by atoms with Gasteiger partial charge in [-0.25, -0.2) is 0 Å². The standard InChI is InChI=1S/C20H29N5O/c1-16-4-5-18(17(2)14-16)6-8-22-20(21-3)25-11-9-24(10-12-25)15-19-7-13-26-23-19/h4-5,7,13-14H,6,8-12,15H2,1-3H3,(H,21,22). The van der Waals surface area contributed by atoms with Crippen LogP contribution in [0.1, 0.15) is 22.4 Å². The molecule has 0 spiro atoms. The van der Waals surface area contributed by atoms with Crippen molar-refractivity contribution in [3.8, 4) is 0 Å². The number of hydrogen-bond donors (Lipinski definition) is 1. The third-order valence-electron chi connectivity index (χ3n) is 4.94. The van der Waals surface area contributed by atoms with Gasteiger partial charge in [0.2, 0.25) is 0 Å². The summed E-state index contributed by atoms with van der Waals surface area (Å²) in [6.45, 7) is 10.0. The lowest BCUT2D eigenvalue weighted by molar-refractivity contribution is 0.169. The van der Waals surface area contributed by atoms with Gasteiger partial charge in [-0.05, 0) is 31.4 Å². The number of guanidine groups is 1. The molecule has 0 saturated carbocycles. The van der Waals surface area contributed by atoms with Gasteiger partial charge in [-0.1, -0.05) is 28.9 Å². The number of nitrogens with one attached hydrogen (secondary N) is 1. The Morgan fingerprint density at radius 1 is 1.19 bits per heavy atom. The third kappa shape index (κ3) is 4.85. The molecule has 0 bridgehead atoms. The summed E-state index contributed by atoms with van der Waals surface area (Å²) >= 11 is 0. The van der Waals surface area contributed by atoms with Crippen molar-refractivity contribution in [2.45, 2.75) is 26.8 Å². The van der Waals surface area contributed by atoms with E-state index in [-0.39, 0.29) is 0 Å². The first-order valence-corrected chi connectivity index (χ1v) is 9.29. The quantitative estimate of drug-likeness (QED) is 0.658. The average Bonchev–Trinajstić information content (AvgIpc) is 3.14. The molecule has 0 unspecified atom stereocenters. The minimum absolute atomic E-state index is 0.850. The Morgan fingerprint density at radius 2 is 2.00 bits per heavy atom. The van der Waals surface area contributed by atoms with E-state index in [2.05, 4.69) is 57.3 Å². The highest BCUT2D eigenvalue weighted by atomic mass is 16.5. The van der Waals surface area contributed by atoms with Crippen LogP contribution in [0.4, 0.5) is 0 Å². The van der Waals surface area contributed by atoms with Crippen molar-refractivity contribution < 1.29 is 4.52 Å². The van der Waals surface area contributed by atoms with Gasteiger partial charge in [-0.3, -0.25) is 9.89 Å². The zero-order valence-corrected chi connectivity index (χ0v) is 16.0. The first-order chi connectivity index (χ1) is 12.7. The van der Waals surface area contributed by atoms with E-state index >= 15 is 0 Å². The van der Waals surface area contributed by atoms with Crippen molar-refractivity contribution in [1.29, 1.82) is 0 Å². The van der Waals surface area contributed by atoms with E-state index in [0.717, 1.165) is 57.3 Å². The number of benzene rings is 1. The first-order valence-electron chi connectivity index (χ1n) is 9.29. The van der Waals surface area contributed by atoms with Crippen LogP contribution in [0.5, 0.6) is 0 Å². The van der Waals surface area contributed by atoms with Gasteiger partial charge < -0.3 is 14.7 Å². The van der Waals surface area contributed by atoms with Gasteiger partial charge in [-0.15, -0.1) is 0 Å². The molecule has 0 atom stereocenters. The van der Waals surface area contributed by atoms with E-state index in [1.807, 2.05) is 13.1 Å². The number of hydrogen-bond acceptors (Lipinski definition) is 4. The summed E-state index contributed by atoms with van der Waals surface area (Å²) < 4.78 is 4.91. The highest BCUT2D eigenvalue weighted by molar-refractivity contribution is 5.80. The molecule has 26 heavy (non-hydrogen) atoms. The van der Waals surface area contributed by atoms with Crippen LogP contribution in [0.25, 0.3) is 0 Å². The Morgan fingerprint density at radius 3 is 2.65 bits per heavy atom. The fraction of sp³-hybridized carbons (Fsp3) is 0.500. The van der Waals surface area contributed by atoms with Gasteiger partial charge >= 0.3 is 0 Å². The molecule has 1 aromatic carbocycles. The van der Waals surface area contributed by atoms with Crippen LogP contribution in [0, 0.1) is 13.8 Å². The topological polar surface area (TPSA) is 56.9 Å². The molecule has 2 heterocycles. The van der Waals surface area contributed by atoms with Gasteiger partial charge in [0.1, 0.15) is 6.26 Å². The molecular formula is C20H29N5O. The Bertz CT molecular complexity index is 718. The molecule has 1 aromatic heterocycles. The van der Waals surface area contributed by atoms with Crippen molar-refractivity contribution in [1.82, 2.24) is 20.3 Å². The molecule has 0 aliphatic carbocycles. The summed E-state index contributed by atoms with van der Waals surface area (Å²) in [5, 5.41) is 7.52. The summed E-state index contributed by atoms with van der Waals surface area (Å²) in [7, 11) is 1.86. The van der Waals surface area contributed by atoms with Crippen LogP contribution < -0.4 is 5.32 Å². The lowest BCUT2D eigenvalue weighted by Crippen LogP contribution is -2.52. The monoisotopic (exact) mass is 355 g/mol. The first kappa shape index (κ1) is 18.5. The molecule has 0 radical (unpaired) electrons. The van der Waals surface area contributed by atoms with E-state index in [1.54, 1.807) is 6.26 Å². The number of nitrogens with zero attached hydrogens (tertiary/aromatic N) is 4. The third-order valence-corrected chi connectivity index (χ3v) is 4.94. The summed E-state index contributed by atoms with van der Waals surface area (Å²) in [6, 6.07) is 8.60. The molecule has 1 aliphatic heterocycles. The normalized spacial score (nSPS) is 16.1. The summed E-state index contributed by atoms with van der Waals surface area (Å²) in [5.41, 5.74) is 5.08. The van der Waals surface area contributed by atoms with Gasteiger partial charge in [0.25, 0.3) is 0 Å². The molecule has 6 nitrogen and oxygen atoms in total. The zero-order valence-electron chi connectivity index (χ0n) is 16.0. The van der Waals surface area contributed by atoms with E-state index < -0.39 is 0 Å². The average molecular weight is 355 g/mol. The fourth-order valence-corrected chi connectivity index (χ4v) is 3.43. The van der Waals surface area contributed by atoms with E-state index in [1.165, 1.54) is 16.7 Å². The molecule has 2 aromatic rings. The SMILES string of the molecule is CN=C(NCCc1ccc(C)cc1C)N1CCN(Cc2ccon2)CC1. The minimum Gasteiger partial charge on any atom is -0.364 e. The Hall–Kier alpha value is -2.34. The molecule has 6 heteroatoms. The predicted octanol–water partition coefficient (Wildman–Crippen LogP) is 2.23. The van der Waals surface area contributed by atoms with Crippen LogP contribution in [0.3, 0.4) is 0 Å². The number of aliphatic imine (C=N–C) groups is 1. The van der Waals surface area contributed by atoms with Crippen molar-refractivity contribution in [2.24, 2.45) is 4.99 Å². The maximum absolute atomic E-state index is 4.91. The highest BCUT2D eigenvalue weighted by Gasteiger charge is 2.20. The molecular weight excluding hydrogens is 326 g/mol. The van der Waals surface area contributed by atoms with Crippen LogP contribution in [0.2, 0.25) is 0 Å². The molecule has 1 saturated heterocycles. The second-order valence-electron chi connectivity index (χ2n) is 6.91. The van der Waals surface area contributed by atoms with Gasteiger partial charge in [0.15, 0.2) is 5.96 Å². The van der Waals surface area contributed by atoms with E-state index in [9.17, 15) is 0 Å².